The summed E-state index contributed by atoms with van der Waals surface area (Å²) in [5.74, 6) is 0.786. The summed E-state index contributed by atoms with van der Waals surface area (Å²) in [7, 11) is 0. The van der Waals surface area contributed by atoms with Gasteiger partial charge >= 0.3 is 5.97 Å². The molecule has 7 heteroatoms. The van der Waals surface area contributed by atoms with Crippen LogP contribution in [-0.4, -0.2) is 17.7 Å². The fourth-order valence-corrected chi connectivity index (χ4v) is 4.49. The van der Waals surface area contributed by atoms with Crippen LogP contribution in [0.5, 0.6) is 23.0 Å². The standard InChI is InChI=1S/C26H20FNO5/c27-21-7-9-22(32-17-3-1-2-15(10-17)13-28)20-6-8-23(26(20)21)33-18-4-5-19-16(11-25(29)30)14-31-24(19)12-18/h1-5,7,9-10,12,16,23H,6,8,11,14H2,(H,29,30)/t16-,23-/m1/s1. The van der Waals surface area contributed by atoms with E-state index in [1.165, 1.54) is 6.07 Å². The molecule has 3 aromatic rings. The highest BCUT2D eigenvalue weighted by atomic mass is 19.1. The third kappa shape index (κ3) is 4.08. The number of nitrogens with zero attached hydrogens (tertiary/aromatic N) is 1. The zero-order chi connectivity index (χ0) is 22.9. The molecule has 1 aliphatic carbocycles. The van der Waals surface area contributed by atoms with Crippen molar-refractivity contribution in [3.8, 4) is 29.1 Å². The Hall–Kier alpha value is -4.05. The van der Waals surface area contributed by atoms with Gasteiger partial charge in [0.25, 0.3) is 0 Å². The van der Waals surface area contributed by atoms with E-state index in [0.717, 1.165) is 11.1 Å². The Balaban J connectivity index is 1.38. The molecule has 1 aliphatic heterocycles. The van der Waals surface area contributed by atoms with Gasteiger partial charge in [0.1, 0.15) is 34.9 Å². The number of fused-ring (bicyclic) bond motifs is 2. The van der Waals surface area contributed by atoms with Crippen molar-refractivity contribution < 1.29 is 28.5 Å². The molecule has 0 bridgehead atoms. The first-order chi connectivity index (χ1) is 16.0. The molecule has 33 heavy (non-hydrogen) atoms. The van der Waals surface area contributed by atoms with Crippen LogP contribution in [0.25, 0.3) is 0 Å². The molecule has 166 valence electrons. The summed E-state index contributed by atoms with van der Waals surface area (Å²) < 4.78 is 32.6. The quantitative estimate of drug-likeness (QED) is 0.538. The van der Waals surface area contributed by atoms with Crippen LogP contribution in [0.3, 0.4) is 0 Å². The Morgan fingerprint density at radius 1 is 1.18 bits per heavy atom. The van der Waals surface area contributed by atoms with E-state index in [-0.39, 0.29) is 18.2 Å². The maximum atomic E-state index is 14.8. The third-order valence-corrected chi connectivity index (χ3v) is 5.99. The molecule has 0 unspecified atom stereocenters. The maximum absolute atomic E-state index is 14.8. The number of carboxylic acid groups (broad SMARTS) is 1. The fourth-order valence-electron chi connectivity index (χ4n) is 4.49. The maximum Gasteiger partial charge on any atom is 0.304 e. The van der Waals surface area contributed by atoms with Gasteiger partial charge in [0.15, 0.2) is 0 Å². The van der Waals surface area contributed by atoms with Crippen LogP contribution in [0.15, 0.2) is 54.6 Å². The van der Waals surface area contributed by atoms with Crippen LogP contribution in [0.2, 0.25) is 0 Å². The van der Waals surface area contributed by atoms with Gasteiger partial charge in [0, 0.05) is 28.7 Å². The number of ether oxygens (including phenoxy) is 3. The zero-order valence-corrected chi connectivity index (χ0v) is 17.6. The first kappa shape index (κ1) is 20.8. The second kappa shape index (κ2) is 8.47. The molecule has 2 aliphatic rings. The van der Waals surface area contributed by atoms with Gasteiger partial charge in [-0.1, -0.05) is 12.1 Å². The number of nitriles is 1. The predicted molar refractivity (Wildman–Crippen MR) is 116 cm³/mol. The first-order valence-electron chi connectivity index (χ1n) is 10.7. The minimum atomic E-state index is -0.868. The average molecular weight is 445 g/mol. The molecule has 5 rings (SSSR count). The van der Waals surface area contributed by atoms with Crippen LogP contribution in [0.1, 0.15) is 47.1 Å². The van der Waals surface area contributed by atoms with Crippen LogP contribution >= 0.6 is 0 Å². The van der Waals surface area contributed by atoms with Crippen molar-refractivity contribution in [2.24, 2.45) is 0 Å². The minimum Gasteiger partial charge on any atom is -0.492 e. The Kier molecular flexibility index (Phi) is 5.35. The monoisotopic (exact) mass is 445 g/mol. The molecule has 2 atom stereocenters. The van der Waals surface area contributed by atoms with Gasteiger partial charge in [-0.05, 0) is 49.2 Å². The number of hydrogen-bond acceptors (Lipinski definition) is 5. The SMILES string of the molecule is N#Cc1cccc(Oc2ccc(F)c3c2CC[C@H]3Oc2ccc3c(c2)OC[C@H]3CC(=O)O)c1. The summed E-state index contributed by atoms with van der Waals surface area (Å²) in [6.07, 6.45) is 0.703. The smallest absolute Gasteiger partial charge is 0.304 e. The molecule has 1 N–H and O–H groups in total. The molecule has 3 aromatic carbocycles. The van der Waals surface area contributed by atoms with E-state index >= 15 is 0 Å². The predicted octanol–water partition coefficient (Wildman–Crippen LogP) is 5.51. The van der Waals surface area contributed by atoms with E-state index in [1.807, 2.05) is 6.07 Å². The highest BCUT2D eigenvalue weighted by molar-refractivity contribution is 5.68. The lowest BCUT2D eigenvalue weighted by Crippen LogP contribution is -2.07. The lowest BCUT2D eigenvalue weighted by Gasteiger charge is -2.17. The van der Waals surface area contributed by atoms with Gasteiger partial charge in [0.2, 0.25) is 0 Å². The highest BCUT2D eigenvalue weighted by Crippen LogP contribution is 2.44. The van der Waals surface area contributed by atoms with Crippen molar-refractivity contribution in [2.75, 3.05) is 6.61 Å². The Morgan fingerprint density at radius 3 is 2.88 bits per heavy atom. The molecule has 1 heterocycles. The number of benzene rings is 3. The molecule has 0 amide bonds. The minimum absolute atomic E-state index is 0.00840. The van der Waals surface area contributed by atoms with E-state index in [0.29, 0.717) is 53.6 Å². The fraction of sp³-hybridized carbons (Fsp3) is 0.231. The van der Waals surface area contributed by atoms with Crippen molar-refractivity contribution in [1.82, 2.24) is 0 Å². The molecule has 6 nitrogen and oxygen atoms in total. The van der Waals surface area contributed by atoms with Crippen molar-refractivity contribution in [3.63, 3.8) is 0 Å². The summed E-state index contributed by atoms with van der Waals surface area (Å²) in [6, 6.07) is 17.2. The highest BCUT2D eigenvalue weighted by Gasteiger charge is 2.32. The van der Waals surface area contributed by atoms with Crippen molar-refractivity contribution in [1.29, 1.82) is 5.26 Å². The number of hydrogen-bond donors (Lipinski definition) is 1. The Bertz CT molecular complexity index is 1280. The number of rotatable bonds is 6. The van der Waals surface area contributed by atoms with Gasteiger partial charge in [0.05, 0.1) is 24.7 Å². The van der Waals surface area contributed by atoms with Gasteiger partial charge < -0.3 is 19.3 Å². The molecule has 0 spiro atoms. The van der Waals surface area contributed by atoms with Gasteiger partial charge in [-0.25, -0.2) is 4.39 Å². The number of carboxylic acids is 1. The van der Waals surface area contributed by atoms with Gasteiger partial charge in [-0.15, -0.1) is 0 Å². The van der Waals surface area contributed by atoms with Crippen molar-refractivity contribution >= 4 is 5.97 Å². The molecule has 0 fully saturated rings. The first-order valence-corrected chi connectivity index (χ1v) is 10.7. The van der Waals surface area contributed by atoms with Gasteiger partial charge in [-0.3, -0.25) is 4.79 Å². The normalized spacial score (nSPS) is 18.1. The zero-order valence-electron chi connectivity index (χ0n) is 17.6. The lowest BCUT2D eigenvalue weighted by atomic mass is 9.98. The largest absolute Gasteiger partial charge is 0.492 e. The summed E-state index contributed by atoms with van der Waals surface area (Å²) in [5.41, 5.74) is 2.55. The van der Waals surface area contributed by atoms with Crippen molar-refractivity contribution in [3.05, 3.63) is 82.7 Å². The van der Waals surface area contributed by atoms with Crippen LogP contribution in [-0.2, 0) is 11.2 Å². The second-order valence-electron chi connectivity index (χ2n) is 8.13. The number of halogens is 1. The molecular weight excluding hydrogens is 425 g/mol. The topological polar surface area (TPSA) is 88.8 Å². The molecule has 0 saturated heterocycles. The summed E-state index contributed by atoms with van der Waals surface area (Å²) >= 11 is 0. The third-order valence-electron chi connectivity index (χ3n) is 5.99. The van der Waals surface area contributed by atoms with E-state index in [2.05, 4.69) is 6.07 Å². The molecule has 0 aromatic heterocycles. The van der Waals surface area contributed by atoms with E-state index in [1.54, 1.807) is 42.5 Å². The van der Waals surface area contributed by atoms with Gasteiger partial charge in [-0.2, -0.15) is 5.26 Å². The average Bonchev–Trinajstić information content (AvgIpc) is 3.40. The van der Waals surface area contributed by atoms with Crippen LogP contribution in [0, 0.1) is 17.1 Å². The summed E-state index contributed by atoms with van der Waals surface area (Å²) in [5, 5.41) is 18.2. The summed E-state index contributed by atoms with van der Waals surface area (Å²) in [4.78, 5) is 11.0. The molecular formula is C26H20FNO5. The van der Waals surface area contributed by atoms with Crippen molar-refractivity contribution in [2.45, 2.75) is 31.3 Å². The number of carbonyl (C=O) groups is 1. The Labute approximate surface area is 189 Å². The summed E-state index contributed by atoms with van der Waals surface area (Å²) in [6.45, 7) is 0.319. The molecule has 0 radical (unpaired) electrons. The molecule has 0 saturated carbocycles. The second-order valence-corrected chi connectivity index (χ2v) is 8.13. The van der Waals surface area contributed by atoms with Crippen LogP contribution < -0.4 is 14.2 Å². The number of aliphatic carboxylic acids is 1. The van der Waals surface area contributed by atoms with Crippen LogP contribution in [0.4, 0.5) is 4.39 Å². The van der Waals surface area contributed by atoms with E-state index in [4.69, 9.17) is 24.6 Å². The van der Waals surface area contributed by atoms with E-state index < -0.39 is 12.1 Å². The van der Waals surface area contributed by atoms with E-state index in [9.17, 15) is 9.18 Å². The Morgan fingerprint density at radius 2 is 2.06 bits per heavy atom. The lowest BCUT2D eigenvalue weighted by molar-refractivity contribution is -0.137.